The first-order valence-corrected chi connectivity index (χ1v) is 11.5. The van der Waals surface area contributed by atoms with Crippen LogP contribution in [0.15, 0.2) is 59.5 Å². The molecule has 0 radical (unpaired) electrons. The van der Waals surface area contributed by atoms with E-state index in [0.29, 0.717) is 18.5 Å². The van der Waals surface area contributed by atoms with Gasteiger partial charge < -0.3 is 15.7 Å². The van der Waals surface area contributed by atoms with E-state index >= 15 is 0 Å². The monoisotopic (exact) mass is 452 g/mol. The second-order valence-corrected chi connectivity index (χ2v) is 9.49. The Hall–Kier alpha value is -3.06. The third kappa shape index (κ3) is 6.01. The van der Waals surface area contributed by atoms with Gasteiger partial charge in [-0.05, 0) is 69.0 Å². The first-order chi connectivity index (χ1) is 15.2. The molecule has 0 spiro atoms. The van der Waals surface area contributed by atoms with Gasteiger partial charge in [0, 0.05) is 16.3 Å². The molecule has 2 aromatic rings. The summed E-state index contributed by atoms with van der Waals surface area (Å²) in [7, 11) is 0. The number of carbonyl (C=O) groups is 3. The minimum atomic E-state index is -0.956. The van der Waals surface area contributed by atoms with Crippen molar-refractivity contribution < 1.29 is 19.5 Å². The molecule has 3 atom stereocenters. The van der Waals surface area contributed by atoms with Crippen LogP contribution < -0.4 is 10.6 Å². The Bertz CT molecular complexity index is 1050. The average molecular weight is 453 g/mol. The summed E-state index contributed by atoms with van der Waals surface area (Å²) < 4.78 is 0. The molecule has 32 heavy (non-hydrogen) atoms. The Kier molecular flexibility index (Phi) is 7.75. The quantitative estimate of drug-likeness (QED) is 0.405. The molecule has 0 aliphatic heterocycles. The Morgan fingerprint density at radius 3 is 2.44 bits per heavy atom. The summed E-state index contributed by atoms with van der Waals surface area (Å²) in [6, 6.07) is 13.2. The van der Waals surface area contributed by atoms with E-state index in [2.05, 4.69) is 10.6 Å². The van der Waals surface area contributed by atoms with Crippen LogP contribution in [0.2, 0.25) is 0 Å². The number of carbonyl (C=O) groups excluding carboxylic acids is 2. The van der Waals surface area contributed by atoms with Crippen LogP contribution in [-0.4, -0.2) is 28.1 Å². The highest BCUT2D eigenvalue weighted by molar-refractivity contribution is 8.00. The molecule has 2 aromatic carbocycles. The summed E-state index contributed by atoms with van der Waals surface area (Å²) in [6.07, 6.45) is 4.43. The van der Waals surface area contributed by atoms with Gasteiger partial charge in [-0.15, -0.1) is 11.8 Å². The topological polar surface area (TPSA) is 95.5 Å². The highest BCUT2D eigenvalue weighted by Crippen LogP contribution is 2.30. The lowest BCUT2D eigenvalue weighted by Gasteiger charge is -2.24. The van der Waals surface area contributed by atoms with Crippen LogP contribution in [0.25, 0.3) is 0 Å². The molecule has 0 saturated heterocycles. The van der Waals surface area contributed by atoms with Crippen molar-refractivity contribution in [3.05, 3.63) is 65.7 Å². The molecule has 0 heterocycles. The van der Waals surface area contributed by atoms with Crippen molar-refractivity contribution in [2.75, 3.05) is 10.6 Å². The number of benzene rings is 2. The summed E-state index contributed by atoms with van der Waals surface area (Å²) in [5, 5.41) is 14.9. The largest absolute Gasteiger partial charge is 0.481 e. The maximum Gasteiger partial charge on any atom is 0.307 e. The predicted molar refractivity (Wildman–Crippen MR) is 128 cm³/mol. The number of nitrogens with one attached hydrogen (secondary N) is 2. The van der Waals surface area contributed by atoms with Gasteiger partial charge in [0.2, 0.25) is 11.8 Å². The van der Waals surface area contributed by atoms with Crippen molar-refractivity contribution in [3.8, 4) is 0 Å². The number of carboxylic acids is 1. The lowest BCUT2D eigenvalue weighted by Crippen LogP contribution is -2.34. The molecule has 7 heteroatoms. The molecule has 3 N–H and O–H groups in total. The molecular formula is C25H28N2O4S. The predicted octanol–water partition coefficient (Wildman–Crippen LogP) is 5.03. The highest BCUT2D eigenvalue weighted by atomic mass is 32.2. The average Bonchev–Trinajstić information content (AvgIpc) is 2.76. The van der Waals surface area contributed by atoms with Crippen molar-refractivity contribution in [1.29, 1.82) is 0 Å². The molecular weight excluding hydrogens is 424 g/mol. The minimum absolute atomic E-state index is 0.101. The van der Waals surface area contributed by atoms with E-state index < -0.39 is 17.8 Å². The van der Waals surface area contributed by atoms with Gasteiger partial charge in [-0.2, -0.15) is 0 Å². The number of anilines is 2. The second-order valence-electron chi connectivity index (χ2n) is 8.08. The highest BCUT2D eigenvalue weighted by Gasteiger charge is 2.34. The summed E-state index contributed by atoms with van der Waals surface area (Å²) in [4.78, 5) is 37.7. The molecule has 0 aromatic heterocycles. The van der Waals surface area contributed by atoms with Crippen LogP contribution in [0.3, 0.4) is 0 Å². The van der Waals surface area contributed by atoms with E-state index in [1.807, 2.05) is 63.3 Å². The Balaban J connectivity index is 1.63. The zero-order chi connectivity index (χ0) is 23.3. The standard InChI is InChI=1S/C25H28N2O4S/c1-15-11-12-16(2)22(13-15)27-23(28)17(3)32-19-8-6-7-18(14-19)26-24(29)20-9-4-5-10-21(20)25(30)31/h4-8,11-14,17,20-21H,9-10H2,1-3H3,(H,26,29)(H,27,28)(H,30,31). The number of carboxylic acid groups (broad SMARTS) is 1. The summed E-state index contributed by atoms with van der Waals surface area (Å²) in [6.45, 7) is 5.77. The van der Waals surface area contributed by atoms with E-state index in [0.717, 1.165) is 21.7 Å². The lowest BCUT2D eigenvalue weighted by molar-refractivity contribution is -0.146. The molecule has 3 unspecified atom stereocenters. The summed E-state index contributed by atoms with van der Waals surface area (Å²) >= 11 is 1.39. The van der Waals surface area contributed by atoms with Crippen LogP contribution in [-0.2, 0) is 14.4 Å². The Morgan fingerprint density at radius 2 is 1.72 bits per heavy atom. The van der Waals surface area contributed by atoms with Gasteiger partial charge in [-0.1, -0.05) is 30.4 Å². The number of aliphatic carboxylic acids is 1. The molecule has 168 valence electrons. The number of rotatable bonds is 7. The SMILES string of the molecule is Cc1ccc(C)c(NC(=O)C(C)Sc2cccc(NC(=O)C3CC=CCC3C(=O)O)c2)c1. The van der Waals surface area contributed by atoms with Crippen molar-refractivity contribution in [2.24, 2.45) is 11.8 Å². The third-order valence-corrected chi connectivity index (χ3v) is 6.61. The van der Waals surface area contributed by atoms with Crippen molar-refractivity contribution >= 4 is 40.9 Å². The van der Waals surface area contributed by atoms with Crippen LogP contribution in [0.5, 0.6) is 0 Å². The van der Waals surface area contributed by atoms with Gasteiger partial charge in [-0.25, -0.2) is 0 Å². The van der Waals surface area contributed by atoms with Gasteiger partial charge in [-0.3, -0.25) is 14.4 Å². The lowest BCUT2D eigenvalue weighted by atomic mass is 9.82. The van der Waals surface area contributed by atoms with Crippen molar-refractivity contribution in [1.82, 2.24) is 0 Å². The van der Waals surface area contributed by atoms with Gasteiger partial charge in [0.05, 0.1) is 17.1 Å². The zero-order valence-corrected chi connectivity index (χ0v) is 19.2. The number of allylic oxidation sites excluding steroid dienone is 2. The smallest absolute Gasteiger partial charge is 0.307 e. The maximum atomic E-state index is 12.7. The minimum Gasteiger partial charge on any atom is -0.481 e. The fourth-order valence-electron chi connectivity index (χ4n) is 3.62. The molecule has 1 aliphatic carbocycles. The maximum absolute atomic E-state index is 12.7. The fraction of sp³-hybridized carbons (Fsp3) is 0.320. The normalized spacial score (nSPS) is 18.6. The first kappa shape index (κ1) is 23.6. The van der Waals surface area contributed by atoms with Gasteiger partial charge in [0.1, 0.15) is 0 Å². The molecule has 0 bridgehead atoms. The third-order valence-electron chi connectivity index (χ3n) is 5.52. The first-order valence-electron chi connectivity index (χ1n) is 10.6. The fourth-order valence-corrected chi connectivity index (χ4v) is 4.55. The number of hydrogen-bond donors (Lipinski definition) is 3. The van der Waals surface area contributed by atoms with Crippen molar-refractivity contribution in [3.63, 3.8) is 0 Å². The molecule has 0 fully saturated rings. The van der Waals surface area contributed by atoms with E-state index in [-0.39, 0.29) is 17.1 Å². The van der Waals surface area contributed by atoms with Gasteiger partial charge in [0.25, 0.3) is 0 Å². The number of amides is 2. The number of thioether (sulfide) groups is 1. The van der Waals surface area contributed by atoms with E-state index in [1.54, 1.807) is 12.1 Å². The second kappa shape index (κ2) is 10.5. The van der Waals surface area contributed by atoms with Crippen LogP contribution in [0, 0.1) is 25.7 Å². The van der Waals surface area contributed by atoms with Crippen LogP contribution >= 0.6 is 11.8 Å². The van der Waals surface area contributed by atoms with E-state index in [9.17, 15) is 19.5 Å². The Labute approximate surface area is 192 Å². The van der Waals surface area contributed by atoms with Crippen molar-refractivity contribution in [2.45, 2.75) is 43.8 Å². The molecule has 2 amide bonds. The zero-order valence-electron chi connectivity index (χ0n) is 18.4. The van der Waals surface area contributed by atoms with Gasteiger partial charge >= 0.3 is 5.97 Å². The number of hydrogen-bond acceptors (Lipinski definition) is 4. The Morgan fingerprint density at radius 1 is 1.00 bits per heavy atom. The van der Waals surface area contributed by atoms with Crippen LogP contribution in [0.1, 0.15) is 30.9 Å². The van der Waals surface area contributed by atoms with E-state index in [4.69, 9.17) is 0 Å². The summed E-state index contributed by atoms with van der Waals surface area (Å²) in [5.41, 5.74) is 3.47. The van der Waals surface area contributed by atoms with Crippen LogP contribution in [0.4, 0.5) is 11.4 Å². The number of aryl methyl sites for hydroxylation is 2. The molecule has 3 rings (SSSR count). The van der Waals surface area contributed by atoms with Gasteiger partial charge in [0.15, 0.2) is 0 Å². The molecule has 0 saturated carbocycles. The van der Waals surface area contributed by atoms with E-state index in [1.165, 1.54) is 11.8 Å². The molecule has 6 nitrogen and oxygen atoms in total. The molecule has 1 aliphatic rings. The summed E-state index contributed by atoms with van der Waals surface area (Å²) in [5.74, 6) is -2.68.